The Morgan fingerprint density at radius 2 is 1.78 bits per heavy atom. The molecule has 1 heterocycles. The van der Waals surface area contributed by atoms with Crippen molar-refractivity contribution in [1.82, 2.24) is 5.32 Å². The number of benzene rings is 2. The van der Waals surface area contributed by atoms with Crippen LogP contribution in [-0.4, -0.2) is 24.1 Å². The molecule has 1 saturated heterocycles. The molecule has 0 unspecified atom stereocenters. The van der Waals surface area contributed by atoms with Crippen molar-refractivity contribution < 1.29 is 4.79 Å². The molecule has 1 fully saturated rings. The Hall–Kier alpha value is -1.82. The van der Waals surface area contributed by atoms with E-state index in [1.807, 2.05) is 12.1 Å². The summed E-state index contributed by atoms with van der Waals surface area (Å²) in [7, 11) is 0. The Balaban J connectivity index is 1.58. The van der Waals surface area contributed by atoms with Crippen molar-refractivity contribution in [3.8, 4) is 0 Å². The van der Waals surface area contributed by atoms with Crippen LogP contribution in [0.1, 0.15) is 30.1 Å². The first-order valence-corrected chi connectivity index (χ1v) is 10.0. The van der Waals surface area contributed by atoms with Gasteiger partial charge in [-0.3, -0.25) is 10.1 Å². The van der Waals surface area contributed by atoms with Crippen molar-refractivity contribution in [3.05, 3.63) is 58.1 Å². The van der Waals surface area contributed by atoms with E-state index in [9.17, 15) is 4.79 Å². The SMILES string of the molecule is CC1CCN(c2ccc(NC(=S)NC(=O)c3cccc(Cl)c3Cl)cc2)CC1. The van der Waals surface area contributed by atoms with Crippen molar-refractivity contribution in [3.63, 3.8) is 0 Å². The molecule has 0 aromatic heterocycles. The van der Waals surface area contributed by atoms with Crippen molar-refractivity contribution in [2.75, 3.05) is 23.3 Å². The van der Waals surface area contributed by atoms with Crippen LogP contribution in [0.15, 0.2) is 42.5 Å². The average molecular weight is 422 g/mol. The van der Waals surface area contributed by atoms with Crippen LogP contribution in [0.25, 0.3) is 0 Å². The molecule has 27 heavy (non-hydrogen) atoms. The molecule has 0 saturated carbocycles. The van der Waals surface area contributed by atoms with Crippen LogP contribution in [0.3, 0.4) is 0 Å². The van der Waals surface area contributed by atoms with Crippen LogP contribution < -0.4 is 15.5 Å². The third-order valence-corrected chi connectivity index (χ3v) is 5.72. The Kier molecular flexibility index (Phi) is 6.58. The number of carbonyl (C=O) groups excluding carboxylic acids is 1. The molecule has 2 aromatic carbocycles. The predicted octanol–water partition coefficient (Wildman–Crippen LogP) is 5.36. The van der Waals surface area contributed by atoms with Gasteiger partial charge in [0, 0.05) is 24.5 Å². The summed E-state index contributed by atoms with van der Waals surface area (Å²) in [6, 6.07) is 12.9. The van der Waals surface area contributed by atoms with Gasteiger partial charge in [0.15, 0.2) is 5.11 Å². The Bertz CT molecular complexity index is 834. The van der Waals surface area contributed by atoms with Gasteiger partial charge in [0.2, 0.25) is 0 Å². The van der Waals surface area contributed by atoms with Gasteiger partial charge in [0.25, 0.3) is 5.91 Å². The molecule has 4 nitrogen and oxygen atoms in total. The molecule has 0 spiro atoms. The van der Waals surface area contributed by atoms with Crippen LogP contribution >= 0.6 is 35.4 Å². The lowest BCUT2D eigenvalue weighted by molar-refractivity contribution is 0.0978. The molecule has 0 atom stereocenters. The van der Waals surface area contributed by atoms with Crippen LogP contribution in [0.2, 0.25) is 10.0 Å². The minimum Gasteiger partial charge on any atom is -0.372 e. The van der Waals surface area contributed by atoms with Crippen LogP contribution in [0.4, 0.5) is 11.4 Å². The van der Waals surface area contributed by atoms with Crippen molar-refractivity contribution in [2.24, 2.45) is 5.92 Å². The van der Waals surface area contributed by atoms with E-state index in [-0.39, 0.29) is 15.7 Å². The van der Waals surface area contributed by atoms with E-state index >= 15 is 0 Å². The first-order valence-electron chi connectivity index (χ1n) is 8.85. The fraction of sp³-hybridized carbons (Fsp3) is 0.300. The summed E-state index contributed by atoms with van der Waals surface area (Å²) < 4.78 is 0. The fourth-order valence-electron chi connectivity index (χ4n) is 3.03. The summed E-state index contributed by atoms with van der Waals surface area (Å²) in [5, 5.41) is 6.38. The van der Waals surface area contributed by atoms with E-state index < -0.39 is 5.91 Å². The molecule has 2 N–H and O–H groups in total. The summed E-state index contributed by atoms with van der Waals surface area (Å²) in [6.07, 6.45) is 2.45. The van der Waals surface area contributed by atoms with Crippen molar-refractivity contribution in [1.29, 1.82) is 0 Å². The number of carbonyl (C=O) groups is 1. The van der Waals surface area contributed by atoms with Gasteiger partial charge in [0.1, 0.15) is 0 Å². The maximum absolute atomic E-state index is 12.3. The highest BCUT2D eigenvalue weighted by molar-refractivity contribution is 7.80. The minimum atomic E-state index is -0.404. The number of hydrogen-bond donors (Lipinski definition) is 2. The molecule has 142 valence electrons. The van der Waals surface area contributed by atoms with Gasteiger partial charge in [-0.25, -0.2) is 0 Å². The maximum atomic E-state index is 12.3. The minimum absolute atomic E-state index is 0.204. The lowest BCUT2D eigenvalue weighted by Gasteiger charge is -2.32. The van der Waals surface area contributed by atoms with E-state index in [4.69, 9.17) is 35.4 Å². The van der Waals surface area contributed by atoms with Crippen LogP contribution in [0.5, 0.6) is 0 Å². The zero-order chi connectivity index (χ0) is 19.4. The second kappa shape index (κ2) is 8.91. The van der Waals surface area contributed by atoms with Gasteiger partial charge >= 0.3 is 0 Å². The number of anilines is 2. The number of thiocarbonyl (C=S) groups is 1. The molecular weight excluding hydrogens is 401 g/mol. The first-order chi connectivity index (χ1) is 12.9. The summed E-state index contributed by atoms with van der Waals surface area (Å²) in [4.78, 5) is 14.7. The Labute approximate surface area is 174 Å². The van der Waals surface area contributed by atoms with E-state index in [2.05, 4.69) is 34.6 Å². The largest absolute Gasteiger partial charge is 0.372 e. The summed E-state index contributed by atoms with van der Waals surface area (Å²) in [6.45, 7) is 4.47. The van der Waals surface area contributed by atoms with Gasteiger partial charge in [-0.2, -0.15) is 0 Å². The van der Waals surface area contributed by atoms with Crippen LogP contribution in [-0.2, 0) is 0 Å². The van der Waals surface area contributed by atoms with Gasteiger partial charge in [-0.1, -0.05) is 36.2 Å². The van der Waals surface area contributed by atoms with E-state index in [0.717, 1.165) is 24.7 Å². The van der Waals surface area contributed by atoms with Gasteiger partial charge in [-0.15, -0.1) is 0 Å². The van der Waals surface area contributed by atoms with Gasteiger partial charge in [0.05, 0.1) is 15.6 Å². The van der Waals surface area contributed by atoms with Gasteiger partial charge in [-0.05, 0) is 67.4 Å². The molecule has 7 heteroatoms. The Morgan fingerprint density at radius 3 is 2.44 bits per heavy atom. The molecule has 3 rings (SSSR count). The zero-order valence-electron chi connectivity index (χ0n) is 15.0. The molecule has 1 aliphatic heterocycles. The Morgan fingerprint density at radius 1 is 1.11 bits per heavy atom. The first kappa shape index (κ1) is 19.9. The highest BCUT2D eigenvalue weighted by Gasteiger charge is 2.16. The highest BCUT2D eigenvalue weighted by atomic mass is 35.5. The number of piperidine rings is 1. The summed E-state index contributed by atoms with van der Waals surface area (Å²) >= 11 is 17.2. The molecule has 0 bridgehead atoms. The smallest absolute Gasteiger partial charge is 0.258 e. The molecule has 1 aliphatic rings. The molecule has 1 amide bonds. The van der Waals surface area contributed by atoms with Gasteiger partial charge < -0.3 is 10.2 Å². The zero-order valence-corrected chi connectivity index (χ0v) is 17.3. The molecular formula is C20H21Cl2N3OS. The number of rotatable bonds is 3. The fourth-order valence-corrected chi connectivity index (χ4v) is 3.63. The molecule has 2 aromatic rings. The number of amides is 1. The third-order valence-electron chi connectivity index (χ3n) is 4.70. The second-order valence-corrected chi connectivity index (χ2v) is 7.92. The lowest BCUT2D eigenvalue weighted by Crippen LogP contribution is -2.34. The van der Waals surface area contributed by atoms with E-state index in [1.54, 1.807) is 18.2 Å². The number of nitrogens with zero attached hydrogens (tertiary/aromatic N) is 1. The van der Waals surface area contributed by atoms with E-state index in [0.29, 0.717) is 5.02 Å². The number of halogens is 2. The monoisotopic (exact) mass is 421 g/mol. The number of nitrogens with one attached hydrogen (secondary N) is 2. The molecule has 0 aliphatic carbocycles. The normalized spacial score (nSPS) is 14.7. The average Bonchev–Trinajstić information content (AvgIpc) is 2.65. The standard InChI is InChI=1S/C20H21Cl2N3OS/c1-13-9-11-25(12-10-13)15-7-5-14(6-8-15)23-20(27)24-19(26)16-3-2-4-17(21)18(16)22/h2-8,13H,9-12H2,1H3,(H2,23,24,26,27). The van der Waals surface area contributed by atoms with Crippen LogP contribution in [0, 0.1) is 5.92 Å². The molecule has 0 radical (unpaired) electrons. The summed E-state index contributed by atoms with van der Waals surface area (Å²) in [5.74, 6) is 0.398. The number of hydrogen-bond acceptors (Lipinski definition) is 3. The van der Waals surface area contributed by atoms with Crippen molar-refractivity contribution in [2.45, 2.75) is 19.8 Å². The third kappa shape index (κ3) is 5.12. The quantitative estimate of drug-likeness (QED) is 0.654. The topological polar surface area (TPSA) is 44.4 Å². The summed E-state index contributed by atoms with van der Waals surface area (Å²) in [5.41, 5.74) is 2.29. The predicted molar refractivity (Wildman–Crippen MR) is 117 cm³/mol. The second-order valence-electron chi connectivity index (χ2n) is 6.73. The lowest BCUT2D eigenvalue weighted by atomic mass is 9.99. The van der Waals surface area contributed by atoms with E-state index in [1.165, 1.54) is 18.5 Å². The highest BCUT2D eigenvalue weighted by Crippen LogP contribution is 2.26. The maximum Gasteiger partial charge on any atom is 0.258 e. The van der Waals surface area contributed by atoms with Crippen molar-refractivity contribution >= 4 is 57.8 Å².